The summed E-state index contributed by atoms with van der Waals surface area (Å²) in [6.07, 6.45) is 5.31. The summed E-state index contributed by atoms with van der Waals surface area (Å²) in [5.74, 6) is -1.14. The van der Waals surface area contributed by atoms with E-state index in [9.17, 15) is 14.4 Å². The molecule has 41 heavy (non-hydrogen) atoms. The van der Waals surface area contributed by atoms with Gasteiger partial charge in [0.2, 0.25) is 5.91 Å². The van der Waals surface area contributed by atoms with Gasteiger partial charge in [0.25, 0.3) is 11.8 Å². The molecule has 0 aliphatic heterocycles. The normalized spacial score (nSPS) is 11.8. The van der Waals surface area contributed by atoms with Gasteiger partial charge >= 0.3 is 0 Å². The minimum Gasteiger partial charge on any atom is -0.325 e. The quantitative estimate of drug-likeness (QED) is 0.130. The molecule has 208 valence electrons. The number of halogens is 2. The van der Waals surface area contributed by atoms with Crippen LogP contribution in [-0.2, 0) is 9.59 Å². The number of carbonyl (C=O) groups is 3. The van der Waals surface area contributed by atoms with Crippen LogP contribution in [-0.4, -0.2) is 28.0 Å². The minimum atomic E-state index is -0.551. The van der Waals surface area contributed by atoms with Crippen molar-refractivity contribution in [1.29, 1.82) is 0 Å². The number of aromatic nitrogens is 1. The Morgan fingerprint density at radius 1 is 0.878 bits per heavy atom. The van der Waals surface area contributed by atoms with E-state index in [1.807, 2.05) is 13.0 Å². The van der Waals surface area contributed by atoms with Gasteiger partial charge in [-0.25, -0.2) is 0 Å². The second kappa shape index (κ2) is 14.5. The Labute approximate surface area is 252 Å². The molecule has 0 saturated carbocycles. The zero-order valence-electron chi connectivity index (χ0n) is 21.9. The summed E-state index contributed by atoms with van der Waals surface area (Å²) < 4.78 is 0. The Morgan fingerprint density at radius 2 is 1.63 bits per heavy atom. The highest BCUT2D eigenvalue weighted by molar-refractivity contribution is 8.00. The molecular formula is C31H26Cl2N4O3S. The summed E-state index contributed by atoms with van der Waals surface area (Å²) in [4.78, 5) is 43.9. The SMILES string of the molecule is CCC(Sc1cccc(NC(=O)/C(=C\c2ccc(Cl)cc2Cl)NC(=O)c2ccccc2)c1)C(=O)Nc1ccncc1. The summed E-state index contributed by atoms with van der Waals surface area (Å²) >= 11 is 13.8. The van der Waals surface area contributed by atoms with Gasteiger partial charge in [0.1, 0.15) is 5.70 Å². The highest BCUT2D eigenvalue weighted by atomic mass is 35.5. The van der Waals surface area contributed by atoms with E-state index in [4.69, 9.17) is 23.2 Å². The van der Waals surface area contributed by atoms with Gasteiger partial charge in [0.05, 0.1) is 5.25 Å². The second-order valence-corrected chi connectivity index (χ2v) is 10.9. The van der Waals surface area contributed by atoms with Crippen LogP contribution in [0.25, 0.3) is 6.08 Å². The fourth-order valence-electron chi connectivity index (χ4n) is 3.71. The molecule has 1 atom stereocenters. The molecule has 4 aromatic rings. The predicted octanol–water partition coefficient (Wildman–Crippen LogP) is 7.31. The van der Waals surface area contributed by atoms with E-state index in [1.165, 1.54) is 17.8 Å². The third kappa shape index (κ3) is 8.69. The van der Waals surface area contributed by atoms with Gasteiger partial charge in [0, 0.05) is 44.3 Å². The number of rotatable bonds is 10. The van der Waals surface area contributed by atoms with E-state index in [0.717, 1.165) is 4.90 Å². The Hall–Kier alpha value is -4.11. The zero-order valence-corrected chi connectivity index (χ0v) is 24.3. The number of carbonyl (C=O) groups excluding carboxylic acids is 3. The molecule has 4 rings (SSSR count). The summed E-state index contributed by atoms with van der Waals surface area (Å²) in [5.41, 5.74) is 2.05. The molecule has 0 spiro atoms. The van der Waals surface area contributed by atoms with Crippen molar-refractivity contribution in [3.8, 4) is 0 Å². The number of anilines is 2. The van der Waals surface area contributed by atoms with Crippen molar-refractivity contribution < 1.29 is 14.4 Å². The molecule has 3 N–H and O–H groups in total. The number of amides is 3. The number of benzene rings is 3. The second-order valence-electron chi connectivity index (χ2n) is 8.77. The standard InChI is InChI=1S/C31H26Cl2N4O3S/c1-2-28(31(40)35-23-13-15-34-16-14-23)41-25-10-6-9-24(19-25)36-30(39)27(17-21-11-12-22(32)18-26(21)33)37-29(38)20-7-4-3-5-8-20/h3-19,28H,2H2,1H3,(H,36,39)(H,37,38)(H,34,35,40)/b27-17+. The third-order valence-corrected chi connectivity index (χ3v) is 7.69. The number of hydrogen-bond donors (Lipinski definition) is 3. The van der Waals surface area contributed by atoms with Gasteiger partial charge in [-0.05, 0) is 72.7 Å². The van der Waals surface area contributed by atoms with Gasteiger partial charge in [-0.15, -0.1) is 11.8 Å². The van der Waals surface area contributed by atoms with E-state index < -0.39 is 11.8 Å². The lowest BCUT2D eigenvalue weighted by atomic mass is 10.1. The van der Waals surface area contributed by atoms with E-state index in [2.05, 4.69) is 20.9 Å². The minimum absolute atomic E-state index is 0.00991. The van der Waals surface area contributed by atoms with Crippen molar-refractivity contribution in [2.24, 2.45) is 0 Å². The number of pyridine rings is 1. The van der Waals surface area contributed by atoms with E-state index >= 15 is 0 Å². The van der Waals surface area contributed by atoms with Crippen molar-refractivity contribution in [2.45, 2.75) is 23.5 Å². The van der Waals surface area contributed by atoms with Gasteiger partial charge < -0.3 is 16.0 Å². The average molecular weight is 606 g/mol. The number of nitrogens with one attached hydrogen (secondary N) is 3. The fourth-order valence-corrected chi connectivity index (χ4v) is 5.18. The lowest BCUT2D eigenvalue weighted by molar-refractivity contribution is -0.116. The van der Waals surface area contributed by atoms with Crippen LogP contribution < -0.4 is 16.0 Å². The van der Waals surface area contributed by atoms with Crippen LogP contribution in [0.15, 0.2) is 108 Å². The molecular weight excluding hydrogens is 579 g/mol. The van der Waals surface area contributed by atoms with Gasteiger partial charge in [-0.3, -0.25) is 19.4 Å². The van der Waals surface area contributed by atoms with Crippen LogP contribution in [0.2, 0.25) is 10.0 Å². The molecule has 10 heteroatoms. The Kier molecular flexibility index (Phi) is 10.6. The Morgan fingerprint density at radius 3 is 2.34 bits per heavy atom. The topological polar surface area (TPSA) is 100 Å². The lowest BCUT2D eigenvalue weighted by Gasteiger charge is -2.16. The van der Waals surface area contributed by atoms with Crippen molar-refractivity contribution in [3.05, 3.63) is 124 Å². The lowest BCUT2D eigenvalue weighted by Crippen LogP contribution is -2.30. The zero-order chi connectivity index (χ0) is 29.2. The van der Waals surface area contributed by atoms with Crippen molar-refractivity contribution in [1.82, 2.24) is 10.3 Å². The summed E-state index contributed by atoms with van der Waals surface area (Å²) in [6.45, 7) is 1.93. The van der Waals surface area contributed by atoms with E-state index in [0.29, 0.717) is 39.0 Å². The maximum atomic E-state index is 13.4. The molecule has 7 nitrogen and oxygen atoms in total. The van der Waals surface area contributed by atoms with Crippen LogP contribution in [0.3, 0.4) is 0 Å². The van der Waals surface area contributed by atoms with E-state index in [-0.39, 0.29) is 16.9 Å². The smallest absolute Gasteiger partial charge is 0.272 e. The van der Waals surface area contributed by atoms with Gasteiger partial charge in [-0.1, -0.05) is 60.5 Å². The van der Waals surface area contributed by atoms with Crippen molar-refractivity contribution >= 4 is 70.1 Å². The van der Waals surface area contributed by atoms with Crippen molar-refractivity contribution in [3.63, 3.8) is 0 Å². The molecule has 1 aromatic heterocycles. The van der Waals surface area contributed by atoms with Gasteiger partial charge in [-0.2, -0.15) is 0 Å². The molecule has 3 amide bonds. The first-order chi connectivity index (χ1) is 19.8. The van der Waals surface area contributed by atoms with Crippen LogP contribution >= 0.6 is 35.0 Å². The molecule has 0 fully saturated rings. The van der Waals surface area contributed by atoms with Crippen LogP contribution in [0.4, 0.5) is 11.4 Å². The molecule has 0 bridgehead atoms. The maximum absolute atomic E-state index is 13.4. The first kappa shape index (κ1) is 29.9. The van der Waals surface area contributed by atoms with Crippen molar-refractivity contribution in [2.75, 3.05) is 10.6 Å². The summed E-state index contributed by atoms with van der Waals surface area (Å²) in [7, 11) is 0. The van der Waals surface area contributed by atoms with Gasteiger partial charge in [0.15, 0.2) is 0 Å². The molecule has 0 aliphatic rings. The molecule has 0 radical (unpaired) electrons. The first-order valence-electron chi connectivity index (χ1n) is 12.6. The Balaban J connectivity index is 1.52. The highest BCUT2D eigenvalue weighted by Crippen LogP contribution is 2.29. The molecule has 3 aromatic carbocycles. The number of hydrogen-bond acceptors (Lipinski definition) is 5. The summed E-state index contributed by atoms with van der Waals surface area (Å²) in [5, 5.41) is 8.84. The average Bonchev–Trinajstić information content (AvgIpc) is 2.97. The molecule has 1 unspecified atom stereocenters. The third-order valence-electron chi connectivity index (χ3n) is 5.77. The monoisotopic (exact) mass is 604 g/mol. The number of thioether (sulfide) groups is 1. The largest absolute Gasteiger partial charge is 0.325 e. The maximum Gasteiger partial charge on any atom is 0.272 e. The van der Waals surface area contributed by atoms with Crippen LogP contribution in [0, 0.1) is 0 Å². The van der Waals surface area contributed by atoms with Crippen LogP contribution in [0.1, 0.15) is 29.3 Å². The molecule has 1 heterocycles. The first-order valence-corrected chi connectivity index (χ1v) is 14.3. The van der Waals surface area contributed by atoms with Crippen LogP contribution in [0.5, 0.6) is 0 Å². The number of nitrogens with zero attached hydrogens (tertiary/aromatic N) is 1. The summed E-state index contributed by atoms with van der Waals surface area (Å²) in [6, 6.07) is 24.0. The highest BCUT2D eigenvalue weighted by Gasteiger charge is 2.19. The Bertz CT molecular complexity index is 1570. The molecule has 0 aliphatic carbocycles. The fraction of sp³-hybridized carbons (Fsp3) is 0.0968. The molecule has 0 saturated heterocycles. The predicted molar refractivity (Wildman–Crippen MR) is 166 cm³/mol. The van der Waals surface area contributed by atoms with E-state index in [1.54, 1.807) is 91.3 Å².